The predicted molar refractivity (Wildman–Crippen MR) is 90.3 cm³/mol. The second-order valence-electron chi connectivity index (χ2n) is 6.43. The van der Waals surface area contributed by atoms with Crippen LogP contribution in [-0.2, 0) is 13.0 Å². The van der Waals surface area contributed by atoms with Gasteiger partial charge < -0.3 is 10.2 Å². The van der Waals surface area contributed by atoms with E-state index in [4.69, 9.17) is 4.98 Å². The monoisotopic (exact) mass is 308 g/mol. The highest BCUT2D eigenvalue weighted by Crippen LogP contribution is 2.33. The highest BCUT2D eigenvalue weighted by Gasteiger charge is 2.35. The van der Waals surface area contributed by atoms with Crippen molar-refractivity contribution in [2.45, 2.75) is 57.7 Å². The van der Waals surface area contributed by atoms with Gasteiger partial charge in [-0.05, 0) is 39.8 Å². The molecule has 2 unspecified atom stereocenters. The van der Waals surface area contributed by atoms with Crippen LogP contribution in [0.15, 0.2) is 0 Å². The van der Waals surface area contributed by atoms with Gasteiger partial charge in [-0.25, -0.2) is 4.98 Å². The molecule has 4 nitrogen and oxygen atoms in total. The SMILES string of the molecule is CCCc1nc(N2CCC3CCC(C2)N3C)sc1CNC. The molecule has 118 valence electrons. The molecule has 2 fully saturated rings. The van der Waals surface area contributed by atoms with Gasteiger partial charge in [-0.3, -0.25) is 4.90 Å². The minimum Gasteiger partial charge on any atom is -0.346 e. The zero-order chi connectivity index (χ0) is 14.8. The van der Waals surface area contributed by atoms with E-state index in [2.05, 4.69) is 29.1 Å². The fraction of sp³-hybridized carbons (Fsp3) is 0.812. The first-order valence-electron chi connectivity index (χ1n) is 8.33. The molecular weight excluding hydrogens is 280 g/mol. The topological polar surface area (TPSA) is 31.4 Å². The van der Waals surface area contributed by atoms with Crippen LogP contribution in [0.4, 0.5) is 5.13 Å². The summed E-state index contributed by atoms with van der Waals surface area (Å²) in [5.74, 6) is 0. The number of rotatable bonds is 5. The van der Waals surface area contributed by atoms with Crippen molar-refractivity contribution >= 4 is 16.5 Å². The highest BCUT2D eigenvalue weighted by molar-refractivity contribution is 7.15. The van der Waals surface area contributed by atoms with Crippen molar-refractivity contribution in [3.63, 3.8) is 0 Å². The van der Waals surface area contributed by atoms with Crippen molar-refractivity contribution in [3.8, 4) is 0 Å². The Morgan fingerprint density at radius 2 is 2.10 bits per heavy atom. The molecule has 2 aliphatic heterocycles. The number of fused-ring (bicyclic) bond motifs is 2. The number of hydrogen-bond donors (Lipinski definition) is 1. The summed E-state index contributed by atoms with van der Waals surface area (Å²) in [5.41, 5.74) is 1.31. The molecule has 21 heavy (non-hydrogen) atoms. The number of hydrogen-bond acceptors (Lipinski definition) is 5. The molecule has 0 saturated carbocycles. The normalized spacial score (nSPS) is 26.3. The second-order valence-corrected chi connectivity index (χ2v) is 7.49. The summed E-state index contributed by atoms with van der Waals surface area (Å²) in [4.78, 5) is 11.6. The summed E-state index contributed by atoms with van der Waals surface area (Å²) >= 11 is 1.90. The third kappa shape index (κ3) is 3.10. The quantitative estimate of drug-likeness (QED) is 0.905. The van der Waals surface area contributed by atoms with E-state index in [0.717, 1.165) is 31.6 Å². The molecule has 0 spiro atoms. The van der Waals surface area contributed by atoms with Crippen LogP contribution in [0.2, 0.25) is 0 Å². The first kappa shape index (κ1) is 15.3. The Balaban J connectivity index is 1.78. The third-order valence-corrected chi connectivity index (χ3v) is 6.17. The van der Waals surface area contributed by atoms with Gasteiger partial charge in [0.2, 0.25) is 0 Å². The second kappa shape index (κ2) is 6.63. The lowest BCUT2D eigenvalue weighted by molar-refractivity contribution is 0.254. The Morgan fingerprint density at radius 1 is 1.29 bits per heavy atom. The van der Waals surface area contributed by atoms with Crippen LogP contribution >= 0.6 is 11.3 Å². The fourth-order valence-electron chi connectivity index (χ4n) is 3.72. The van der Waals surface area contributed by atoms with E-state index < -0.39 is 0 Å². The molecule has 0 amide bonds. The van der Waals surface area contributed by atoms with Gasteiger partial charge in [-0.15, -0.1) is 11.3 Å². The molecule has 2 saturated heterocycles. The van der Waals surface area contributed by atoms with E-state index >= 15 is 0 Å². The average molecular weight is 308 g/mol. The molecule has 2 bridgehead atoms. The molecule has 0 aromatic carbocycles. The smallest absolute Gasteiger partial charge is 0.185 e. The lowest BCUT2D eigenvalue weighted by atomic mass is 10.1. The van der Waals surface area contributed by atoms with Crippen molar-refractivity contribution in [2.24, 2.45) is 0 Å². The van der Waals surface area contributed by atoms with E-state index in [9.17, 15) is 0 Å². The van der Waals surface area contributed by atoms with E-state index in [0.29, 0.717) is 0 Å². The van der Waals surface area contributed by atoms with Gasteiger partial charge in [0.05, 0.1) is 5.69 Å². The molecule has 1 N–H and O–H groups in total. The van der Waals surface area contributed by atoms with E-state index in [-0.39, 0.29) is 0 Å². The summed E-state index contributed by atoms with van der Waals surface area (Å²) in [6, 6.07) is 1.52. The van der Waals surface area contributed by atoms with Gasteiger partial charge in [0.1, 0.15) is 0 Å². The maximum atomic E-state index is 4.98. The lowest BCUT2D eigenvalue weighted by Crippen LogP contribution is -2.36. The maximum absolute atomic E-state index is 4.98. The lowest BCUT2D eigenvalue weighted by Gasteiger charge is -2.25. The minimum absolute atomic E-state index is 0.726. The zero-order valence-corrected chi connectivity index (χ0v) is 14.4. The van der Waals surface area contributed by atoms with Gasteiger partial charge in [-0.1, -0.05) is 13.3 Å². The summed E-state index contributed by atoms with van der Waals surface area (Å²) in [7, 11) is 4.33. The van der Waals surface area contributed by atoms with Gasteiger partial charge in [0.15, 0.2) is 5.13 Å². The van der Waals surface area contributed by atoms with Crippen LogP contribution in [0.3, 0.4) is 0 Å². The van der Waals surface area contributed by atoms with Crippen molar-refractivity contribution < 1.29 is 0 Å². The van der Waals surface area contributed by atoms with Crippen molar-refractivity contribution in [1.29, 1.82) is 0 Å². The van der Waals surface area contributed by atoms with Crippen LogP contribution in [0.5, 0.6) is 0 Å². The molecule has 0 radical (unpaired) electrons. The van der Waals surface area contributed by atoms with E-state index in [1.165, 1.54) is 47.9 Å². The van der Waals surface area contributed by atoms with Gasteiger partial charge in [0, 0.05) is 36.6 Å². The van der Waals surface area contributed by atoms with Crippen LogP contribution < -0.4 is 10.2 Å². The van der Waals surface area contributed by atoms with Crippen LogP contribution in [-0.4, -0.2) is 49.2 Å². The molecule has 2 atom stereocenters. The van der Waals surface area contributed by atoms with Crippen molar-refractivity contribution in [3.05, 3.63) is 10.6 Å². The summed E-state index contributed by atoms with van der Waals surface area (Å²) in [5, 5.41) is 4.54. The number of nitrogens with zero attached hydrogens (tertiary/aromatic N) is 3. The molecule has 2 aliphatic rings. The molecule has 5 heteroatoms. The molecule has 3 rings (SSSR count). The van der Waals surface area contributed by atoms with Crippen molar-refractivity contribution in [2.75, 3.05) is 32.1 Å². The number of likely N-dealkylation sites (N-methyl/N-ethyl adjacent to an activating group) is 1. The van der Waals surface area contributed by atoms with Crippen molar-refractivity contribution in [1.82, 2.24) is 15.2 Å². The van der Waals surface area contributed by atoms with E-state index in [1.54, 1.807) is 0 Å². The molecule has 3 heterocycles. The Hall–Kier alpha value is -0.650. The molecule has 0 aliphatic carbocycles. The van der Waals surface area contributed by atoms with Crippen LogP contribution in [0.25, 0.3) is 0 Å². The number of anilines is 1. The average Bonchev–Trinajstić information content (AvgIpc) is 2.93. The van der Waals surface area contributed by atoms with E-state index in [1.807, 2.05) is 18.4 Å². The number of thiazole rings is 1. The molecular formula is C16H28N4S. The summed E-state index contributed by atoms with van der Waals surface area (Å²) in [6.07, 6.45) is 6.31. The fourth-order valence-corrected chi connectivity index (χ4v) is 4.87. The van der Waals surface area contributed by atoms with Gasteiger partial charge in [0.25, 0.3) is 0 Å². The summed E-state index contributed by atoms with van der Waals surface area (Å²) in [6.45, 7) is 5.52. The largest absolute Gasteiger partial charge is 0.346 e. The molecule has 1 aromatic heterocycles. The molecule has 1 aromatic rings. The Bertz CT molecular complexity index is 449. The van der Waals surface area contributed by atoms with Gasteiger partial charge >= 0.3 is 0 Å². The van der Waals surface area contributed by atoms with Crippen LogP contribution in [0, 0.1) is 0 Å². The minimum atomic E-state index is 0.726. The maximum Gasteiger partial charge on any atom is 0.185 e. The number of aromatic nitrogens is 1. The highest BCUT2D eigenvalue weighted by atomic mass is 32.1. The van der Waals surface area contributed by atoms with Gasteiger partial charge in [-0.2, -0.15) is 0 Å². The Morgan fingerprint density at radius 3 is 2.86 bits per heavy atom. The summed E-state index contributed by atoms with van der Waals surface area (Å²) < 4.78 is 0. The zero-order valence-electron chi connectivity index (χ0n) is 13.6. The first-order valence-corrected chi connectivity index (χ1v) is 9.14. The number of nitrogens with one attached hydrogen (secondary N) is 1. The Labute approximate surface area is 132 Å². The predicted octanol–water partition coefficient (Wildman–Crippen LogP) is 2.49. The Kier molecular flexibility index (Phi) is 4.82. The first-order chi connectivity index (χ1) is 10.2. The third-order valence-electron chi connectivity index (χ3n) is 5.01. The number of aryl methyl sites for hydroxylation is 1. The van der Waals surface area contributed by atoms with Crippen LogP contribution in [0.1, 0.15) is 43.2 Å². The standard InChI is InChI=1S/C16H28N4S/c1-4-5-14-15(10-17-2)21-16(18-14)20-9-8-12-6-7-13(11-20)19(12)3/h12-13,17H,4-11H2,1-3H3.